The molecule has 19 heavy (non-hydrogen) atoms. The van der Waals surface area contributed by atoms with Crippen LogP contribution in [0.25, 0.3) is 0 Å². The number of benzene rings is 1. The average Bonchev–Trinajstić information content (AvgIpc) is 2.25. The first kappa shape index (κ1) is 15.5. The Balaban J connectivity index is 3.62. The van der Waals surface area contributed by atoms with E-state index in [1.54, 1.807) is 6.07 Å². The maximum atomic E-state index is 11.8. The molecule has 0 aliphatic carbocycles. The van der Waals surface area contributed by atoms with Gasteiger partial charge in [0.25, 0.3) is 5.91 Å². The minimum atomic E-state index is -0.478. The topological polar surface area (TPSA) is 75.4 Å². The molecule has 0 aliphatic rings. The van der Waals surface area contributed by atoms with Crippen molar-refractivity contribution in [3.05, 3.63) is 28.8 Å². The second-order valence-electron chi connectivity index (χ2n) is 6.89. The second-order valence-corrected chi connectivity index (χ2v) is 6.89. The molecule has 1 amide bonds. The van der Waals surface area contributed by atoms with Gasteiger partial charge in [-0.25, -0.2) is 5.84 Å². The monoisotopic (exact) mass is 264 g/mol. The molecule has 0 aromatic heterocycles. The van der Waals surface area contributed by atoms with Crippen LogP contribution in [0.3, 0.4) is 0 Å². The fourth-order valence-electron chi connectivity index (χ4n) is 1.89. The average molecular weight is 264 g/mol. The van der Waals surface area contributed by atoms with Crippen LogP contribution < -0.4 is 11.3 Å². The van der Waals surface area contributed by atoms with Crippen LogP contribution in [0.4, 0.5) is 0 Å². The number of nitrogens with one attached hydrogen (secondary N) is 1. The molecule has 4 N–H and O–H groups in total. The van der Waals surface area contributed by atoms with E-state index < -0.39 is 5.91 Å². The Hall–Kier alpha value is -1.55. The molecule has 0 fully saturated rings. The molecule has 0 unspecified atom stereocenters. The summed E-state index contributed by atoms with van der Waals surface area (Å²) < 4.78 is 0. The highest BCUT2D eigenvalue weighted by atomic mass is 16.3. The van der Waals surface area contributed by atoms with E-state index in [2.05, 4.69) is 26.2 Å². The van der Waals surface area contributed by atoms with Crippen molar-refractivity contribution in [2.45, 2.75) is 52.4 Å². The Kier molecular flexibility index (Phi) is 3.96. The van der Waals surface area contributed by atoms with Crippen LogP contribution >= 0.6 is 0 Å². The number of phenols is 1. The zero-order valence-corrected chi connectivity index (χ0v) is 12.6. The number of hydrazine groups is 1. The Bertz CT molecular complexity index is 494. The van der Waals surface area contributed by atoms with E-state index >= 15 is 0 Å². The van der Waals surface area contributed by atoms with Crippen molar-refractivity contribution in [2.24, 2.45) is 5.84 Å². The smallest absolute Gasteiger partial charge is 0.268 e. The number of carbonyl (C=O) groups excluding carboxylic acids is 1. The van der Waals surface area contributed by atoms with E-state index in [0.29, 0.717) is 0 Å². The number of rotatable bonds is 1. The van der Waals surface area contributed by atoms with Gasteiger partial charge in [0.1, 0.15) is 5.75 Å². The molecule has 0 radical (unpaired) electrons. The molecule has 1 aromatic carbocycles. The molecule has 1 rings (SSSR count). The highest BCUT2D eigenvalue weighted by molar-refractivity contribution is 5.97. The van der Waals surface area contributed by atoms with E-state index in [4.69, 9.17) is 5.84 Å². The van der Waals surface area contributed by atoms with Gasteiger partial charge >= 0.3 is 0 Å². The summed E-state index contributed by atoms with van der Waals surface area (Å²) in [5, 5.41) is 10.3. The van der Waals surface area contributed by atoms with Crippen molar-refractivity contribution in [3.8, 4) is 5.75 Å². The van der Waals surface area contributed by atoms with Gasteiger partial charge in [-0.15, -0.1) is 0 Å². The number of nitrogens with two attached hydrogens (primary N) is 1. The zero-order valence-electron chi connectivity index (χ0n) is 12.6. The minimum Gasteiger partial charge on any atom is -0.507 e. The van der Waals surface area contributed by atoms with Gasteiger partial charge in [0.2, 0.25) is 0 Å². The van der Waals surface area contributed by atoms with Crippen molar-refractivity contribution < 1.29 is 9.90 Å². The predicted octanol–water partition coefficient (Wildman–Crippen LogP) is 2.59. The molecule has 0 bridgehead atoms. The van der Waals surface area contributed by atoms with E-state index in [0.717, 1.165) is 11.1 Å². The van der Waals surface area contributed by atoms with Crippen LogP contribution in [-0.2, 0) is 10.8 Å². The Labute approximate surface area is 115 Å². The largest absolute Gasteiger partial charge is 0.507 e. The molecule has 4 nitrogen and oxygen atoms in total. The summed E-state index contributed by atoms with van der Waals surface area (Å²) in [6.07, 6.45) is 0. The number of hydrogen-bond donors (Lipinski definition) is 3. The van der Waals surface area contributed by atoms with Crippen LogP contribution in [0.15, 0.2) is 12.1 Å². The summed E-state index contributed by atoms with van der Waals surface area (Å²) >= 11 is 0. The highest BCUT2D eigenvalue weighted by Crippen LogP contribution is 2.37. The summed E-state index contributed by atoms with van der Waals surface area (Å²) in [4.78, 5) is 11.8. The standard InChI is InChI=1S/C15H24N2O2/c1-14(2,3)9-7-10(13(19)17-16)12(18)11(8-9)15(4,5)6/h7-8,18H,16H2,1-6H3,(H,17,19). The normalized spacial score (nSPS) is 12.4. The molecule has 4 heteroatoms. The number of carbonyl (C=O) groups is 1. The summed E-state index contributed by atoms with van der Waals surface area (Å²) in [7, 11) is 0. The molecule has 1 aromatic rings. The maximum absolute atomic E-state index is 11.8. The minimum absolute atomic E-state index is 0.00319. The molecule has 0 heterocycles. The number of aromatic hydroxyl groups is 1. The Morgan fingerprint density at radius 2 is 1.63 bits per heavy atom. The van der Waals surface area contributed by atoms with Crippen molar-refractivity contribution in [1.82, 2.24) is 5.43 Å². The van der Waals surface area contributed by atoms with Gasteiger partial charge < -0.3 is 5.11 Å². The zero-order chi connectivity index (χ0) is 15.0. The Morgan fingerprint density at radius 3 is 2.00 bits per heavy atom. The third-order valence-corrected chi connectivity index (χ3v) is 3.16. The van der Waals surface area contributed by atoms with Crippen molar-refractivity contribution in [2.75, 3.05) is 0 Å². The quantitative estimate of drug-likeness (QED) is 0.414. The number of nitrogen functional groups attached to an aromatic ring is 1. The lowest BCUT2D eigenvalue weighted by molar-refractivity contribution is 0.0950. The summed E-state index contributed by atoms with van der Waals surface area (Å²) in [5.41, 5.74) is 3.68. The van der Waals surface area contributed by atoms with Gasteiger partial charge in [0.15, 0.2) is 0 Å². The summed E-state index contributed by atoms with van der Waals surface area (Å²) in [5.74, 6) is 4.71. The molecule has 0 spiro atoms. The van der Waals surface area contributed by atoms with Crippen LogP contribution in [0, 0.1) is 0 Å². The third kappa shape index (κ3) is 3.26. The lowest BCUT2D eigenvalue weighted by Gasteiger charge is -2.27. The van der Waals surface area contributed by atoms with Gasteiger partial charge in [0.05, 0.1) is 5.56 Å². The number of amides is 1. The molecule has 0 saturated carbocycles. The Morgan fingerprint density at radius 1 is 1.11 bits per heavy atom. The van der Waals surface area contributed by atoms with Gasteiger partial charge in [0, 0.05) is 5.56 Å². The lowest BCUT2D eigenvalue weighted by Crippen LogP contribution is -2.31. The van der Waals surface area contributed by atoms with Crippen LogP contribution in [0.5, 0.6) is 5.75 Å². The first-order valence-electron chi connectivity index (χ1n) is 6.37. The highest BCUT2D eigenvalue weighted by Gasteiger charge is 2.26. The predicted molar refractivity (Wildman–Crippen MR) is 77.2 cm³/mol. The van der Waals surface area contributed by atoms with Crippen LogP contribution in [0.1, 0.15) is 63.0 Å². The van der Waals surface area contributed by atoms with Gasteiger partial charge in [-0.3, -0.25) is 10.2 Å². The van der Waals surface area contributed by atoms with Crippen molar-refractivity contribution in [1.29, 1.82) is 0 Å². The van der Waals surface area contributed by atoms with E-state index in [-0.39, 0.29) is 22.1 Å². The number of phenolic OH excluding ortho intramolecular Hbond substituents is 1. The first-order chi connectivity index (χ1) is 8.48. The fraction of sp³-hybridized carbons (Fsp3) is 0.533. The molecular formula is C15H24N2O2. The molecule has 0 aliphatic heterocycles. The van der Waals surface area contributed by atoms with Crippen molar-refractivity contribution in [3.63, 3.8) is 0 Å². The molecule has 0 atom stereocenters. The number of hydrogen-bond acceptors (Lipinski definition) is 3. The van der Waals surface area contributed by atoms with Gasteiger partial charge in [-0.1, -0.05) is 47.6 Å². The van der Waals surface area contributed by atoms with Gasteiger partial charge in [-0.2, -0.15) is 0 Å². The van der Waals surface area contributed by atoms with Gasteiger partial charge in [-0.05, 0) is 22.5 Å². The van der Waals surface area contributed by atoms with E-state index in [9.17, 15) is 9.90 Å². The van der Waals surface area contributed by atoms with Crippen molar-refractivity contribution >= 4 is 5.91 Å². The SMILES string of the molecule is CC(C)(C)c1cc(C(=O)NN)c(O)c(C(C)(C)C)c1. The lowest BCUT2D eigenvalue weighted by atomic mass is 9.79. The molecular weight excluding hydrogens is 240 g/mol. The van der Waals surface area contributed by atoms with Crippen LogP contribution in [-0.4, -0.2) is 11.0 Å². The first-order valence-corrected chi connectivity index (χ1v) is 6.37. The van der Waals surface area contributed by atoms with Crippen LogP contribution in [0.2, 0.25) is 0 Å². The van der Waals surface area contributed by atoms with E-state index in [1.165, 1.54) is 0 Å². The molecule has 106 valence electrons. The maximum Gasteiger partial charge on any atom is 0.268 e. The fourth-order valence-corrected chi connectivity index (χ4v) is 1.89. The summed E-state index contributed by atoms with van der Waals surface area (Å²) in [6, 6.07) is 3.66. The third-order valence-electron chi connectivity index (χ3n) is 3.16. The van der Waals surface area contributed by atoms with E-state index in [1.807, 2.05) is 26.8 Å². The molecule has 0 saturated heterocycles. The second kappa shape index (κ2) is 4.85. The summed E-state index contributed by atoms with van der Waals surface area (Å²) in [6.45, 7) is 12.2.